The highest BCUT2D eigenvalue weighted by Crippen LogP contribution is 2.45. The van der Waals surface area contributed by atoms with Gasteiger partial charge < -0.3 is 34.5 Å². The van der Waals surface area contributed by atoms with Crippen molar-refractivity contribution in [2.75, 3.05) is 48.7 Å². The van der Waals surface area contributed by atoms with Crippen LogP contribution >= 0.6 is 39.0 Å². The summed E-state index contributed by atoms with van der Waals surface area (Å²) in [5.74, 6) is -2.08. The molecule has 1 aliphatic rings. The van der Waals surface area contributed by atoms with E-state index in [-0.39, 0.29) is 47.8 Å². The Balaban J connectivity index is 1.22. The number of sulfonamides is 1. The van der Waals surface area contributed by atoms with E-state index in [9.17, 15) is 68.6 Å². The molecular formula is C46H52ClF3N4O14P2S3. The Morgan fingerprint density at radius 2 is 1.48 bits per heavy atom. The lowest BCUT2D eigenvalue weighted by atomic mass is 9.84. The fourth-order valence-corrected chi connectivity index (χ4v) is 12.4. The number of aliphatic hydroxyl groups excluding tert-OH is 1. The number of likely N-dealkylation sites (N-methyl/N-ethyl adjacent to an activating group) is 1. The molecule has 1 saturated heterocycles. The normalized spacial score (nSPS) is 15.4. The van der Waals surface area contributed by atoms with Crippen molar-refractivity contribution in [2.45, 2.75) is 65.1 Å². The predicted molar refractivity (Wildman–Crippen MR) is 270 cm³/mol. The molecule has 1 fully saturated rings. The summed E-state index contributed by atoms with van der Waals surface area (Å²) in [5, 5.41) is 14.7. The maximum atomic E-state index is 14.4. The summed E-state index contributed by atoms with van der Waals surface area (Å²) in [6.07, 6.45) is -1.18. The van der Waals surface area contributed by atoms with Crippen LogP contribution in [0.15, 0.2) is 130 Å². The molecule has 1 heterocycles. The number of para-hydroxylation sites is 1. The fraction of sp³-hybridized carbons (Fsp3) is 0.326. The van der Waals surface area contributed by atoms with Gasteiger partial charge in [-0.2, -0.15) is 13.2 Å². The standard InChI is InChI=1S/C46H52ClF3N4O14P2S3/c1-3-53(4-2)28-41(68-70(60,61)62)39(29-71-42-12-8-7-11-40(42)67-69(57,58)59)51-38-22-21-35(27-43(38)72(63,64)46(48,49)50)73(65,66)52-45(56)32-15-19-34(20-16-32)54-25-23-31(24-26-54)44(55)37-10-6-5-9-36(37)30-13-17-33(47)18-14-30/h5-22,27,31,39,41,44,51,55H,3-4,23-26,28-29H2,1-2H3,(H,52,56)(H2,57,58,59)(H2,60,61,62)/t39-,41?,44+/m0/s1. The summed E-state index contributed by atoms with van der Waals surface area (Å²) in [6.45, 7) is 4.71. The highest BCUT2D eigenvalue weighted by Gasteiger charge is 2.49. The lowest BCUT2D eigenvalue weighted by molar-refractivity contribution is -0.0436. The maximum Gasteiger partial charge on any atom is 0.524 e. The zero-order chi connectivity index (χ0) is 53.5. The van der Waals surface area contributed by atoms with E-state index in [1.807, 2.05) is 41.3 Å². The van der Waals surface area contributed by atoms with Gasteiger partial charge in [-0.25, -0.2) is 30.7 Å². The minimum atomic E-state index is -6.44. The molecule has 6 rings (SSSR count). The van der Waals surface area contributed by atoms with Gasteiger partial charge >= 0.3 is 21.2 Å². The van der Waals surface area contributed by atoms with Crippen LogP contribution in [0.25, 0.3) is 11.1 Å². The van der Waals surface area contributed by atoms with Gasteiger partial charge in [-0.15, -0.1) is 11.8 Å². The summed E-state index contributed by atoms with van der Waals surface area (Å²) in [5.41, 5.74) is -3.83. The molecule has 0 radical (unpaired) electrons. The topological polar surface area (TPSA) is 270 Å². The van der Waals surface area contributed by atoms with Crippen LogP contribution in [-0.2, 0) is 33.5 Å². The van der Waals surface area contributed by atoms with Gasteiger partial charge in [0.2, 0.25) is 0 Å². The number of anilines is 2. The summed E-state index contributed by atoms with van der Waals surface area (Å²) in [6, 6.07) is 26.1. The fourth-order valence-electron chi connectivity index (χ4n) is 8.12. The van der Waals surface area contributed by atoms with E-state index in [1.165, 1.54) is 36.4 Å². The molecule has 0 aromatic heterocycles. The minimum Gasteiger partial charge on any atom is -0.403 e. The third-order valence-electron chi connectivity index (χ3n) is 11.9. The number of halogens is 4. The van der Waals surface area contributed by atoms with Crippen LogP contribution in [0.5, 0.6) is 5.75 Å². The number of sulfone groups is 1. The van der Waals surface area contributed by atoms with Gasteiger partial charge in [0.25, 0.3) is 25.8 Å². The van der Waals surface area contributed by atoms with Crippen LogP contribution in [0.4, 0.5) is 24.5 Å². The number of rotatable bonds is 22. The van der Waals surface area contributed by atoms with Gasteiger partial charge in [-0.05, 0) is 115 Å². The Labute approximate surface area is 429 Å². The van der Waals surface area contributed by atoms with E-state index in [0.717, 1.165) is 28.5 Å². The van der Waals surface area contributed by atoms with Crippen molar-refractivity contribution in [2.24, 2.45) is 5.92 Å². The molecule has 396 valence electrons. The largest absolute Gasteiger partial charge is 0.524 e. The number of piperidine rings is 1. The van der Waals surface area contributed by atoms with Gasteiger partial charge in [0.1, 0.15) is 16.7 Å². The monoisotopic (exact) mass is 1130 g/mol. The van der Waals surface area contributed by atoms with Crippen molar-refractivity contribution in [1.29, 1.82) is 0 Å². The van der Waals surface area contributed by atoms with Crippen LogP contribution < -0.4 is 19.5 Å². The number of nitrogens with zero attached hydrogens (tertiary/aromatic N) is 2. The molecule has 0 bridgehead atoms. The molecule has 0 saturated carbocycles. The average molecular weight is 1140 g/mol. The summed E-state index contributed by atoms with van der Waals surface area (Å²) >= 11 is 6.83. The minimum absolute atomic E-state index is 0.0374. The molecule has 27 heteroatoms. The molecule has 73 heavy (non-hydrogen) atoms. The Hall–Kier alpha value is -4.52. The van der Waals surface area contributed by atoms with Crippen LogP contribution in [0, 0.1) is 5.92 Å². The van der Waals surface area contributed by atoms with Crippen molar-refractivity contribution in [3.8, 4) is 16.9 Å². The molecule has 0 spiro atoms. The third-order valence-corrected chi connectivity index (χ3v) is 17.1. The smallest absolute Gasteiger partial charge is 0.403 e. The number of hydrogen-bond acceptors (Lipinski definition) is 14. The van der Waals surface area contributed by atoms with Crippen LogP contribution in [-0.4, -0.2) is 108 Å². The first-order chi connectivity index (χ1) is 34.2. The molecule has 18 nitrogen and oxygen atoms in total. The zero-order valence-electron chi connectivity index (χ0n) is 38.9. The lowest BCUT2D eigenvalue weighted by Crippen LogP contribution is -2.45. The molecule has 3 atom stereocenters. The molecule has 1 aliphatic heterocycles. The Morgan fingerprint density at radius 1 is 0.863 bits per heavy atom. The average Bonchev–Trinajstić information content (AvgIpc) is 3.33. The van der Waals surface area contributed by atoms with Crippen LogP contribution in [0.1, 0.15) is 48.7 Å². The lowest BCUT2D eigenvalue weighted by Gasteiger charge is -2.36. The van der Waals surface area contributed by atoms with Crippen molar-refractivity contribution >= 4 is 76.2 Å². The first-order valence-corrected chi connectivity index (χ1v) is 29.7. The highest BCUT2D eigenvalue weighted by atomic mass is 35.5. The summed E-state index contributed by atoms with van der Waals surface area (Å²) in [4.78, 5) is 53.2. The zero-order valence-corrected chi connectivity index (χ0v) is 43.9. The number of amides is 1. The molecule has 7 N–H and O–H groups in total. The van der Waals surface area contributed by atoms with Crippen molar-refractivity contribution < 1.29 is 77.7 Å². The number of thioether (sulfide) groups is 1. The SMILES string of the molecule is CCN(CC)CC(OP(=O)(O)O)[C@H](CSc1ccccc1OP(=O)(O)O)Nc1ccc(S(=O)(=O)NC(=O)c2ccc(N3CCC([C@@H](O)c4ccccc4-c4ccc(Cl)cc4)CC3)cc2)cc1S(=O)(=O)C(F)(F)F. The first kappa shape index (κ1) is 57.8. The molecule has 1 amide bonds. The number of hydrogen-bond donors (Lipinski definition) is 7. The number of alkyl halides is 3. The third kappa shape index (κ3) is 15.3. The van der Waals surface area contributed by atoms with Crippen LogP contribution in [0.2, 0.25) is 5.02 Å². The second kappa shape index (κ2) is 24.0. The maximum absolute atomic E-state index is 14.4. The summed E-state index contributed by atoms with van der Waals surface area (Å²) in [7, 11) is -22.1. The molecule has 5 aromatic carbocycles. The van der Waals surface area contributed by atoms with E-state index in [0.29, 0.717) is 48.8 Å². The molecule has 5 aromatic rings. The van der Waals surface area contributed by atoms with Crippen LogP contribution in [0.3, 0.4) is 0 Å². The van der Waals surface area contributed by atoms with Crippen molar-refractivity contribution in [3.05, 3.63) is 131 Å². The Bertz CT molecular complexity index is 3050. The van der Waals surface area contributed by atoms with E-state index in [4.69, 9.17) is 20.6 Å². The number of carbonyl (C=O) groups excluding carboxylic acids is 1. The molecule has 0 aliphatic carbocycles. The van der Waals surface area contributed by atoms with E-state index in [1.54, 1.807) is 47.7 Å². The second-order valence-corrected chi connectivity index (χ2v) is 24.1. The summed E-state index contributed by atoms with van der Waals surface area (Å²) < 4.78 is 133. The van der Waals surface area contributed by atoms with E-state index >= 15 is 0 Å². The van der Waals surface area contributed by atoms with Gasteiger partial charge in [0, 0.05) is 41.7 Å². The number of nitrogens with one attached hydrogen (secondary N) is 2. The molecular weight excluding hydrogens is 1080 g/mol. The van der Waals surface area contributed by atoms with Gasteiger partial charge in [-0.3, -0.25) is 19.1 Å². The van der Waals surface area contributed by atoms with Gasteiger partial charge in [0.05, 0.1) is 27.6 Å². The quantitative estimate of drug-likeness (QED) is 0.0254. The second-order valence-electron chi connectivity index (χ2n) is 16.7. The van der Waals surface area contributed by atoms with Crippen molar-refractivity contribution in [1.82, 2.24) is 9.62 Å². The first-order valence-electron chi connectivity index (χ1n) is 22.3. The Kier molecular flexibility index (Phi) is 19.0. The number of phosphoric acid groups is 2. The van der Waals surface area contributed by atoms with Gasteiger partial charge in [-0.1, -0.05) is 74.0 Å². The highest BCUT2D eigenvalue weighted by molar-refractivity contribution is 7.99. The van der Waals surface area contributed by atoms with E-state index in [2.05, 4.69) is 5.32 Å². The van der Waals surface area contributed by atoms with Gasteiger partial charge in [0.15, 0.2) is 0 Å². The van der Waals surface area contributed by atoms with Crippen molar-refractivity contribution in [3.63, 3.8) is 0 Å². The number of benzene rings is 5. The molecule has 1 unspecified atom stereocenters. The predicted octanol–water partition coefficient (Wildman–Crippen LogP) is 8.23. The Morgan fingerprint density at radius 3 is 2.08 bits per heavy atom. The number of phosphoric ester groups is 2. The van der Waals surface area contributed by atoms with E-state index < -0.39 is 86.4 Å². The number of carbonyl (C=O) groups is 1. The number of aliphatic hydroxyl groups is 1.